The zero-order valence-electron chi connectivity index (χ0n) is 13.1. The molecule has 1 aromatic rings. The third kappa shape index (κ3) is 3.80. The molecule has 1 aromatic carbocycles. The zero-order valence-corrected chi connectivity index (χ0v) is 13.1. The standard InChI is InChI=1S/C18H26N2O2/c21-15-9-11-20(12-10-15)17-8-4-3-7-16(17)19-18(22)13-14-5-1-2-6-14/h3-4,7-8,14-15,21H,1-2,5-6,9-13H2,(H,19,22). The van der Waals surface area contributed by atoms with E-state index in [1.807, 2.05) is 18.2 Å². The van der Waals surface area contributed by atoms with Gasteiger partial charge < -0.3 is 15.3 Å². The van der Waals surface area contributed by atoms with Crippen molar-refractivity contribution in [2.45, 2.75) is 51.0 Å². The maximum absolute atomic E-state index is 12.3. The van der Waals surface area contributed by atoms with Crippen LogP contribution in [0.4, 0.5) is 11.4 Å². The first-order valence-corrected chi connectivity index (χ1v) is 8.54. The summed E-state index contributed by atoms with van der Waals surface area (Å²) in [6, 6.07) is 8.01. The lowest BCUT2D eigenvalue weighted by atomic mass is 10.0. The number of carbonyl (C=O) groups is 1. The van der Waals surface area contributed by atoms with E-state index < -0.39 is 0 Å². The summed E-state index contributed by atoms with van der Waals surface area (Å²) in [6.07, 6.45) is 6.98. The number of rotatable bonds is 4. The first-order valence-electron chi connectivity index (χ1n) is 8.54. The van der Waals surface area contributed by atoms with E-state index in [0.717, 1.165) is 37.3 Å². The van der Waals surface area contributed by atoms with Gasteiger partial charge in [0.05, 0.1) is 17.5 Å². The smallest absolute Gasteiger partial charge is 0.224 e. The molecule has 4 nitrogen and oxygen atoms in total. The Morgan fingerprint density at radius 2 is 1.82 bits per heavy atom. The number of nitrogens with zero attached hydrogens (tertiary/aromatic N) is 1. The van der Waals surface area contributed by atoms with Crippen molar-refractivity contribution in [2.75, 3.05) is 23.3 Å². The lowest BCUT2D eigenvalue weighted by molar-refractivity contribution is -0.117. The maximum atomic E-state index is 12.3. The number of benzene rings is 1. The summed E-state index contributed by atoms with van der Waals surface area (Å²) in [7, 11) is 0. The molecule has 0 aromatic heterocycles. The summed E-state index contributed by atoms with van der Waals surface area (Å²) in [5.41, 5.74) is 1.98. The van der Waals surface area contributed by atoms with Crippen molar-refractivity contribution < 1.29 is 9.90 Å². The minimum absolute atomic E-state index is 0.136. The summed E-state index contributed by atoms with van der Waals surface area (Å²) in [5.74, 6) is 0.702. The Labute approximate surface area is 132 Å². The Morgan fingerprint density at radius 1 is 1.14 bits per heavy atom. The summed E-state index contributed by atoms with van der Waals surface area (Å²) >= 11 is 0. The van der Waals surface area contributed by atoms with Gasteiger partial charge in [-0.2, -0.15) is 0 Å². The molecule has 1 amide bonds. The zero-order chi connectivity index (χ0) is 15.4. The van der Waals surface area contributed by atoms with Gasteiger partial charge in [-0.1, -0.05) is 25.0 Å². The minimum Gasteiger partial charge on any atom is -0.393 e. The van der Waals surface area contributed by atoms with Crippen LogP contribution in [0.15, 0.2) is 24.3 Å². The average Bonchev–Trinajstić information content (AvgIpc) is 3.01. The molecule has 0 atom stereocenters. The van der Waals surface area contributed by atoms with E-state index in [0.29, 0.717) is 12.3 Å². The molecule has 1 aliphatic heterocycles. The van der Waals surface area contributed by atoms with Crippen molar-refractivity contribution in [2.24, 2.45) is 5.92 Å². The Balaban J connectivity index is 1.64. The van der Waals surface area contributed by atoms with Crippen LogP contribution in [0.1, 0.15) is 44.9 Å². The molecule has 2 aliphatic rings. The van der Waals surface area contributed by atoms with Crippen LogP contribution in [0.5, 0.6) is 0 Å². The Hall–Kier alpha value is -1.55. The van der Waals surface area contributed by atoms with E-state index in [4.69, 9.17) is 0 Å². The van der Waals surface area contributed by atoms with Crippen LogP contribution in [-0.4, -0.2) is 30.2 Å². The normalized spacial score (nSPS) is 20.3. The monoisotopic (exact) mass is 302 g/mol. The highest BCUT2D eigenvalue weighted by Crippen LogP contribution is 2.30. The number of para-hydroxylation sites is 2. The molecule has 0 bridgehead atoms. The molecule has 1 heterocycles. The maximum Gasteiger partial charge on any atom is 0.224 e. The first-order chi connectivity index (χ1) is 10.7. The molecule has 1 saturated carbocycles. The second-order valence-electron chi connectivity index (χ2n) is 6.64. The topological polar surface area (TPSA) is 52.6 Å². The minimum atomic E-state index is -0.180. The number of piperidine rings is 1. The van der Waals surface area contributed by atoms with Crippen LogP contribution < -0.4 is 10.2 Å². The van der Waals surface area contributed by atoms with Crippen molar-refractivity contribution in [1.82, 2.24) is 0 Å². The van der Waals surface area contributed by atoms with Crippen LogP contribution in [0.2, 0.25) is 0 Å². The predicted octanol–water partition coefficient (Wildman–Crippen LogP) is 3.17. The summed E-state index contributed by atoms with van der Waals surface area (Å²) < 4.78 is 0. The largest absolute Gasteiger partial charge is 0.393 e. The molecule has 0 spiro atoms. The van der Waals surface area contributed by atoms with Crippen LogP contribution in [0, 0.1) is 5.92 Å². The molecule has 3 rings (SSSR count). The van der Waals surface area contributed by atoms with Gasteiger partial charge in [-0.25, -0.2) is 0 Å². The Kier molecular flexibility index (Phi) is 4.98. The second kappa shape index (κ2) is 7.14. The van der Waals surface area contributed by atoms with E-state index >= 15 is 0 Å². The molecule has 120 valence electrons. The SMILES string of the molecule is O=C(CC1CCCC1)Nc1ccccc1N1CCC(O)CC1. The molecular formula is C18H26N2O2. The fraction of sp³-hybridized carbons (Fsp3) is 0.611. The first kappa shape index (κ1) is 15.3. The van der Waals surface area contributed by atoms with Crippen LogP contribution in [0.25, 0.3) is 0 Å². The third-order valence-corrected chi connectivity index (χ3v) is 4.93. The van der Waals surface area contributed by atoms with Gasteiger partial charge in [0.1, 0.15) is 0 Å². The van der Waals surface area contributed by atoms with E-state index in [1.165, 1.54) is 25.7 Å². The Morgan fingerprint density at radius 3 is 2.55 bits per heavy atom. The number of hydrogen-bond acceptors (Lipinski definition) is 3. The molecule has 22 heavy (non-hydrogen) atoms. The summed E-state index contributed by atoms with van der Waals surface area (Å²) in [6.45, 7) is 1.69. The van der Waals surface area contributed by atoms with E-state index in [9.17, 15) is 9.90 Å². The molecular weight excluding hydrogens is 276 g/mol. The van der Waals surface area contributed by atoms with Gasteiger partial charge in [0.25, 0.3) is 0 Å². The van der Waals surface area contributed by atoms with Gasteiger partial charge >= 0.3 is 0 Å². The summed E-state index contributed by atoms with van der Waals surface area (Å²) in [4.78, 5) is 14.5. The predicted molar refractivity (Wildman–Crippen MR) is 89.1 cm³/mol. The van der Waals surface area contributed by atoms with Crippen molar-refractivity contribution in [3.63, 3.8) is 0 Å². The summed E-state index contributed by atoms with van der Waals surface area (Å²) in [5, 5.41) is 12.8. The van der Waals surface area contributed by atoms with Gasteiger partial charge in [0.2, 0.25) is 5.91 Å². The fourth-order valence-electron chi connectivity index (χ4n) is 3.64. The van der Waals surface area contributed by atoms with Gasteiger partial charge in [0, 0.05) is 19.5 Å². The lowest BCUT2D eigenvalue weighted by Crippen LogP contribution is -2.36. The fourth-order valence-corrected chi connectivity index (χ4v) is 3.64. The lowest BCUT2D eigenvalue weighted by Gasteiger charge is -2.32. The second-order valence-corrected chi connectivity index (χ2v) is 6.64. The number of anilines is 2. The quantitative estimate of drug-likeness (QED) is 0.898. The number of hydrogen-bond donors (Lipinski definition) is 2. The van der Waals surface area contributed by atoms with E-state index in [-0.39, 0.29) is 12.0 Å². The number of aliphatic hydroxyl groups excluding tert-OH is 1. The average molecular weight is 302 g/mol. The van der Waals surface area contributed by atoms with Crippen LogP contribution in [0.3, 0.4) is 0 Å². The van der Waals surface area contributed by atoms with Crippen molar-refractivity contribution in [1.29, 1.82) is 0 Å². The van der Waals surface area contributed by atoms with Gasteiger partial charge in [-0.3, -0.25) is 4.79 Å². The highest BCUT2D eigenvalue weighted by molar-refractivity contribution is 5.94. The van der Waals surface area contributed by atoms with Gasteiger partial charge in [0.15, 0.2) is 0 Å². The third-order valence-electron chi connectivity index (χ3n) is 4.93. The Bertz CT molecular complexity index is 504. The molecule has 1 saturated heterocycles. The highest BCUT2D eigenvalue weighted by Gasteiger charge is 2.21. The van der Waals surface area contributed by atoms with Crippen molar-refractivity contribution >= 4 is 17.3 Å². The molecule has 0 unspecified atom stereocenters. The van der Waals surface area contributed by atoms with E-state index in [2.05, 4.69) is 16.3 Å². The van der Waals surface area contributed by atoms with Crippen LogP contribution >= 0.6 is 0 Å². The van der Waals surface area contributed by atoms with E-state index in [1.54, 1.807) is 0 Å². The molecule has 2 fully saturated rings. The van der Waals surface area contributed by atoms with Gasteiger partial charge in [-0.15, -0.1) is 0 Å². The van der Waals surface area contributed by atoms with Gasteiger partial charge in [-0.05, 0) is 43.7 Å². The van der Waals surface area contributed by atoms with Crippen LogP contribution in [-0.2, 0) is 4.79 Å². The number of nitrogens with one attached hydrogen (secondary N) is 1. The highest BCUT2D eigenvalue weighted by atomic mass is 16.3. The number of amides is 1. The number of carbonyl (C=O) groups excluding carboxylic acids is 1. The molecule has 2 N–H and O–H groups in total. The van der Waals surface area contributed by atoms with Crippen molar-refractivity contribution in [3.05, 3.63) is 24.3 Å². The molecule has 1 aliphatic carbocycles. The number of aliphatic hydroxyl groups is 1. The van der Waals surface area contributed by atoms with Crippen molar-refractivity contribution in [3.8, 4) is 0 Å². The molecule has 4 heteroatoms. The molecule has 0 radical (unpaired) electrons.